The van der Waals surface area contributed by atoms with Crippen LogP contribution in [0.15, 0.2) is 35.2 Å². The minimum Gasteiger partial charge on any atom is -0.354 e. The molecule has 0 spiro atoms. The Labute approximate surface area is 144 Å². The van der Waals surface area contributed by atoms with Crippen LogP contribution in [-0.2, 0) is 14.8 Å². The van der Waals surface area contributed by atoms with E-state index in [4.69, 9.17) is 0 Å². The molecule has 1 aromatic rings. The molecule has 0 bridgehead atoms. The Morgan fingerprint density at radius 3 is 2.21 bits per heavy atom. The van der Waals surface area contributed by atoms with Crippen molar-refractivity contribution in [3.63, 3.8) is 0 Å². The number of carbonyl (C=O) groups excluding carboxylic acids is 1. The summed E-state index contributed by atoms with van der Waals surface area (Å²) in [5, 5.41) is 2.92. The maximum absolute atomic E-state index is 12.6. The van der Waals surface area contributed by atoms with Crippen LogP contribution >= 0.6 is 0 Å². The van der Waals surface area contributed by atoms with Crippen LogP contribution in [0.25, 0.3) is 0 Å². The molecular weight excluding hydrogens is 326 g/mol. The number of benzene rings is 1. The summed E-state index contributed by atoms with van der Waals surface area (Å²) in [6.45, 7) is 9.28. The molecule has 0 unspecified atom stereocenters. The Morgan fingerprint density at radius 1 is 1.08 bits per heavy atom. The number of amides is 1. The van der Waals surface area contributed by atoms with Crippen LogP contribution < -0.4 is 5.32 Å². The van der Waals surface area contributed by atoms with Gasteiger partial charge in [-0.2, -0.15) is 4.31 Å². The van der Waals surface area contributed by atoms with Crippen molar-refractivity contribution in [3.8, 4) is 0 Å². The number of carbonyl (C=O) groups is 1. The van der Waals surface area contributed by atoms with Crippen molar-refractivity contribution in [2.75, 3.05) is 39.3 Å². The van der Waals surface area contributed by atoms with Crippen LogP contribution in [0.3, 0.4) is 0 Å². The van der Waals surface area contributed by atoms with Crippen LogP contribution in [-0.4, -0.2) is 62.8 Å². The fourth-order valence-corrected chi connectivity index (χ4v) is 3.97. The summed E-state index contributed by atoms with van der Waals surface area (Å²) in [7, 11) is -3.40. The summed E-state index contributed by atoms with van der Waals surface area (Å²) in [5.74, 6) is 0.0350. The van der Waals surface area contributed by atoms with Gasteiger partial charge in [0.1, 0.15) is 0 Å². The van der Waals surface area contributed by atoms with Gasteiger partial charge in [-0.15, -0.1) is 0 Å². The van der Waals surface area contributed by atoms with E-state index in [1.165, 1.54) is 4.31 Å². The summed E-state index contributed by atoms with van der Waals surface area (Å²) >= 11 is 0. The van der Waals surface area contributed by atoms with E-state index < -0.39 is 10.0 Å². The SMILES string of the molecule is CC(C)(C)C(=O)NCCN1CCN(S(=O)(=O)c2ccccc2)CC1. The zero-order chi connectivity index (χ0) is 17.8. The van der Waals surface area contributed by atoms with Gasteiger partial charge in [0, 0.05) is 44.7 Å². The predicted octanol–water partition coefficient (Wildman–Crippen LogP) is 1.16. The molecule has 1 aliphatic heterocycles. The summed E-state index contributed by atoms with van der Waals surface area (Å²) in [6, 6.07) is 8.54. The van der Waals surface area contributed by atoms with Crippen molar-refractivity contribution in [1.29, 1.82) is 0 Å². The van der Waals surface area contributed by atoms with Crippen molar-refractivity contribution in [1.82, 2.24) is 14.5 Å². The number of sulfonamides is 1. The second-order valence-corrected chi connectivity index (χ2v) is 9.00. The van der Waals surface area contributed by atoms with E-state index in [2.05, 4.69) is 10.2 Å². The number of hydrogen-bond acceptors (Lipinski definition) is 4. The molecule has 6 nitrogen and oxygen atoms in total. The largest absolute Gasteiger partial charge is 0.354 e. The van der Waals surface area contributed by atoms with Crippen LogP contribution in [0.4, 0.5) is 0 Å². The van der Waals surface area contributed by atoms with E-state index in [1.54, 1.807) is 24.3 Å². The third kappa shape index (κ3) is 4.78. The molecule has 134 valence electrons. The molecule has 1 aromatic carbocycles. The monoisotopic (exact) mass is 353 g/mol. The van der Waals surface area contributed by atoms with Gasteiger partial charge in [-0.25, -0.2) is 8.42 Å². The molecule has 1 heterocycles. The Bertz CT molecular complexity index is 645. The third-order valence-corrected chi connectivity index (χ3v) is 6.02. The van der Waals surface area contributed by atoms with Crippen molar-refractivity contribution in [2.24, 2.45) is 5.41 Å². The molecule has 0 aromatic heterocycles. The van der Waals surface area contributed by atoms with Gasteiger partial charge in [-0.3, -0.25) is 9.69 Å². The minimum absolute atomic E-state index is 0.0350. The molecule has 0 saturated carbocycles. The van der Waals surface area contributed by atoms with Gasteiger partial charge in [-0.1, -0.05) is 39.0 Å². The second kappa shape index (κ2) is 7.63. The number of rotatable bonds is 5. The van der Waals surface area contributed by atoms with E-state index in [9.17, 15) is 13.2 Å². The molecule has 1 fully saturated rings. The van der Waals surface area contributed by atoms with Crippen LogP contribution in [0.1, 0.15) is 20.8 Å². The zero-order valence-corrected chi connectivity index (χ0v) is 15.5. The van der Waals surface area contributed by atoms with Gasteiger partial charge in [-0.05, 0) is 12.1 Å². The maximum atomic E-state index is 12.6. The van der Waals surface area contributed by atoms with E-state index in [0.29, 0.717) is 37.6 Å². The first-order chi connectivity index (χ1) is 11.2. The van der Waals surface area contributed by atoms with Gasteiger partial charge >= 0.3 is 0 Å². The fraction of sp³-hybridized carbons (Fsp3) is 0.588. The Balaban J connectivity index is 1.81. The van der Waals surface area contributed by atoms with Gasteiger partial charge in [0.2, 0.25) is 15.9 Å². The first-order valence-corrected chi connectivity index (χ1v) is 9.71. The van der Waals surface area contributed by atoms with Crippen LogP contribution in [0.2, 0.25) is 0 Å². The highest BCUT2D eigenvalue weighted by atomic mass is 32.2. The summed E-state index contributed by atoms with van der Waals surface area (Å²) in [4.78, 5) is 14.4. The summed E-state index contributed by atoms with van der Waals surface area (Å²) in [5.41, 5.74) is -0.386. The highest BCUT2D eigenvalue weighted by Crippen LogP contribution is 2.17. The molecule has 7 heteroatoms. The number of piperazine rings is 1. The topological polar surface area (TPSA) is 69.7 Å². The average molecular weight is 353 g/mol. The zero-order valence-electron chi connectivity index (χ0n) is 14.7. The number of nitrogens with one attached hydrogen (secondary N) is 1. The number of nitrogens with zero attached hydrogens (tertiary/aromatic N) is 2. The standard InChI is InChI=1S/C17H27N3O3S/c1-17(2,3)16(21)18-9-10-19-11-13-20(14-12-19)24(22,23)15-7-5-4-6-8-15/h4-8H,9-14H2,1-3H3,(H,18,21). The molecule has 0 aliphatic carbocycles. The molecule has 1 N–H and O–H groups in total. The Kier molecular flexibility index (Phi) is 6.01. The number of hydrogen-bond donors (Lipinski definition) is 1. The summed E-state index contributed by atoms with van der Waals surface area (Å²) < 4.78 is 26.7. The maximum Gasteiger partial charge on any atom is 0.243 e. The molecular formula is C17H27N3O3S. The second-order valence-electron chi connectivity index (χ2n) is 7.06. The molecule has 1 saturated heterocycles. The van der Waals surface area contributed by atoms with E-state index in [1.807, 2.05) is 26.8 Å². The first-order valence-electron chi connectivity index (χ1n) is 8.27. The smallest absolute Gasteiger partial charge is 0.243 e. The fourth-order valence-electron chi connectivity index (χ4n) is 2.53. The lowest BCUT2D eigenvalue weighted by Gasteiger charge is -2.34. The third-order valence-electron chi connectivity index (χ3n) is 4.11. The van der Waals surface area contributed by atoms with Crippen LogP contribution in [0, 0.1) is 5.41 Å². The lowest BCUT2D eigenvalue weighted by Crippen LogP contribution is -2.50. The Hall–Kier alpha value is -1.44. The highest BCUT2D eigenvalue weighted by Gasteiger charge is 2.28. The Morgan fingerprint density at radius 2 is 1.67 bits per heavy atom. The van der Waals surface area contributed by atoms with Crippen molar-refractivity contribution >= 4 is 15.9 Å². The normalized spacial score (nSPS) is 17.6. The minimum atomic E-state index is -3.40. The van der Waals surface area contributed by atoms with Crippen LogP contribution in [0.5, 0.6) is 0 Å². The predicted molar refractivity (Wildman–Crippen MR) is 94.1 cm³/mol. The lowest BCUT2D eigenvalue weighted by atomic mass is 9.96. The van der Waals surface area contributed by atoms with Crippen molar-refractivity contribution in [3.05, 3.63) is 30.3 Å². The van der Waals surface area contributed by atoms with E-state index >= 15 is 0 Å². The molecule has 1 amide bonds. The lowest BCUT2D eigenvalue weighted by molar-refractivity contribution is -0.128. The van der Waals surface area contributed by atoms with E-state index in [-0.39, 0.29) is 11.3 Å². The van der Waals surface area contributed by atoms with Gasteiger partial charge in [0.05, 0.1) is 4.90 Å². The molecule has 2 rings (SSSR count). The summed E-state index contributed by atoms with van der Waals surface area (Å²) in [6.07, 6.45) is 0. The van der Waals surface area contributed by atoms with Gasteiger partial charge in [0.25, 0.3) is 0 Å². The quantitative estimate of drug-likeness (QED) is 0.862. The van der Waals surface area contributed by atoms with Crippen molar-refractivity contribution < 1.29 is 13.2 Å². The molecule has 0 atom stereocenters. The molecule has 24 heavy (non-hydrogen) atoms. The molecule has 1 aliphatic rings. The highest BCUT2D eigenvalue weighted by molar-refractivity contribution is 7.89. The van der Waals surface area contributed by atoms with Gasteiger partial charge < -0.3 is 5.32 Å². The van der Waals surface area contributed by atoms with E-state index in [0.717, 1.165) is 6.54 Å². The molecule has 0 radical (unpaired) electrons. The van der Waals surface area contributed by atoms with Gasteiger partial charge in [0.15, 0.2) is 0 Å². The first kappa shape index (κ1) is 18.9. The average Bonchev–Trinajstić information content (AvgIpc) is 2.55. The van der Waals surface area contributed by atoms with Crippen molar-refractivity contribution in [2.45, 2.75) is 25.7 Å².